The largest absolute Gasteiger partial charge is 0.462 e. The number of carbonyl (C=O) groups excluding carboxylic acids is 1. The topological polar surface area (TPSA) is 46.5 Å². The van der Waals surface area contributed by atoms with E-state index in [2.05, 4.69) is 6.58 Å². The second-order valence-corrected chi connectivity index (χ2v) is 6.00. The van der Waals surface area contributed by atoms with Crippen LogP contribution in [0.5, 0.6) is 0 Å². The van der Waals surface area contributed by atoms with Crippen molar-refractivity contribution in [2.24, 2.45) is 0 Å². The summed E-state index contributed by atoms with van der Waals surface area (Å²) in [6.45, 7) is 4.49. The number of hydrogen-bond acceptors (Lipinski definition) is 3. The Kier molecular flexibility index (Phi) is 8.37. The van der Waals surface area contributed by atoms with Gasteiger partial charge in [0.05, 0.1) is 12.2 Å². The molecule has 0 saturated carbocycles. The fourth-order valence-electron chi connectivity index (χ4n) is 2.77. The van der Waals surface area contributed by atoms with Gasteiger partial charge in [0.25, 0.3) is 0 Å². The summed E-state index contributed by atoms with van der Waals surface area (Å²) in [7, 11) is 0. The first kappa shape index (κ1) is 19.7. The molecule has 0 aliphatic carbocycles. The number of esters is 1. The molecule has 0 aliphatic heterocycles. The molecule has 0 spiro atoms. The lowest BCUT2D eigenvalue weighted by molar-refractivity contribution is -0.136. The zero-order chi connectivity index (χ0) is 18.6. The van der Waals surface area contributed by atoms with Crippen molar-refractivity contribution in [3.05, 3.63) is 84.4 Å². The van der Waals surface area contributed by atoms with Crippen molar-refractivity contribution < 1.29 is 14.6 Å². The normalized spacial score (nSPS) is 11.6. The van der Waals surface area contributed by atoms with Gasteiger partial charge >= 0.3 is 5.97 Å². The maximum Gasteiger partial charge on any atom is 0.339 e. The molecule has 0 fully saturated rings. The Balaban J connectivity index is 2.23. The van der Waals surface area contributed by atoms with E-state index in [1.165, 1.54) is 0 Å². The van der Waals surface area contributed by atoms with Crippen molar-refractivity contribution in [3.8, 4) is 0 Å². The highest BCUT2D eigenvalue weighted by atomic mass is 16.5. The maximum atomic E-state index is 12.8. The van der Waals surface area contributed by atoms with Gasteiger partial charge in [0, 0.05) is 6.61 Å². The smallest absolute Gasteiger partial charge is 0.339 e. The number of rotatable bonds is 10. The van der Waals surface area contributed by atoms with E-state index in [9.17, 15) is 4.79 Å². The van der Waals surface area contributed by atoms with Crippen molar-refractivity contribution >= 4 is 17.1 Å². The van der Waals surface area contributed by atoms with Crippen LogP contribution in [0.1, 0.15) is 36.8 Å². The van der Waals surface area contributed by atoms with Crippen LogP contribution in [0.4, 0.5) is 0 Å². The third-order valence-corrected chi connectivity index (χ3v) is 4.11. The van der Waals surface area contributed by atoms with Crippen molar-refractivity contribution in [2.75, 3.05) is 13.2 Å². The number of benzene rings is 2. The lowest BCUT2D eigenvalue weighted by Gasteiger charge is -2.13. The highest BCUT2D eigenvalue weighted by molar-refractivity contribution is 6.25. The molecular formula is C23H26O3. The van der Waals surface area contributed by atoms with E-state index in [0.29, 0.717) is 12.2 Å². The molecule has 0 heterocycles. The minimum Gasteiger partial charge on any atom is -0.462 e. The van der Waals surface area contributed by atoms with E-state index in [1.807, 2.05) is 60.7 Å². The van der Waals surface area contributed by atoms with Gasteiger partial charge in [-0.05, 0) is 36.0 Å². The predicted octanol–water partition coefficient (Wildman–Crippen LogP) is 4.88. The molecule has 2 aromatic rings. The lowest BCUT2D eigenvalue weighted by atomic mass is 9.94. The molecule has 0 bridgehead atoms. The van der Waals surface area contributed by atoms with Crippen molar-refractivity contribution in [3.63, 3.8) is 0 Å². The molecule has 0 aromatic heterocycles. The maximum absolute atomic E-state index is 12.8. The number of unbranched alkanes of at least 4 members (excludes halogenated alkanes) is 3. The second kappa shape index (κ2) is 11.1. The Bertz CT molecular complexity index is 718. The number of hydrogen-bond donors (Lipinski definition) is 1. The third-order valence-electron chi connectivity index (χ3n) is 4.11. The Morgan fingerprint density at radius 1 is 0.885 bits per heavy atom. The lowest BCUT2D eigenvalue weighted by Crippen LogP contribution is -2.10. The van der Waals surface area contributed by atoms with Gasteiger partial charge in [-0.25, -0.2) is 4.79 Å². The van der Waals surface area contributed by atoms with Gasteiger partial charge in [-0.15, -0.1) is 0 Å². The molecule has 0 amide bonds. The fourth-order valence-corrected chi connectivity index (χ4v) is 2.77. The quantitative estimate of drug-likeness (QED) is 0.218. The first-order valence-electron chi connectivity index (χ1n) is 9.03. The average Bonchev–Trinajstić information content (AvgIpc) is 2.69. The summed E-state index contributed by atoms with van der Waals surface area (Å²) in [5.41, 5.74) is 3.04. The van der Waals surface area contributed by atoms with Crippen LogP contribution in [0, 0.1) is 0 Å². The van der Waals surface area contributed by atoms with Crippen LogP contribution in [-0.4, -0.2) is 24.3 Å². The summed E-state index contributed by atoms with van der Waals surface area (Å²) in [6, 6.07) is 19.3. The molecule has 2 rings (SSSR count). The van der Waals surface area contributed by atoms with E-state index in [1.54, 1.807) is 6.08 Å². The minimum atomic E-state index is -0.336. The van der Waals surface area contributed by atoms with Crippen LogP contribution in [0.25, 0.3) is 11.1 Å². The van der Waals surface area contributed by atoms with E-state index in [-0.39, 0.29) is 12.6 Å². The monoisotopic (exact) mass is 350 g/mol. The van der Waals surface area contributed by atoms with Crippen LogP contribution < -0.4 is 0 Å². The Hall–Kier alpha value is -2.65. The highest BCUT2D eigenvalue weighted by Crippen LogP contribution is 2.28. The SMILES string of the molecule is C=C/C(=C(/C(=O)OCCCCCCO)c1ccccc1)c1ccccc1. The Labute approximate surface area is 155 Å². The molecule has 26 heavy (non-hydrogen) atoms. The molecule has 0 aliphatic rings. The van der Waals surface area contributed by atoms with Gasteiger partial charge in [-0.1, -0.05) is 79.7 Å². The highest BCUT2D eigenvalue weighted by Gasteiger charge is 2.18. The predicted molar refractivity (Wildman–Crippen MR) is 106 cm³/mol. The summed E-state index contributed by atoms with van der Waals surface area (Å²) in [5.74, 6) is -0.336. The molecule has 3 heteroatoms. The molecule has 0 unspecified atom stereocenters. The number of ether oxygens (including phenoxy) is 1. The first-order valence-corrected chi connectivity index (χ1v) is 9.03. The summed E-state index contributed by atoms with van der Waals surface area (Å²) in [4.78, 5) is 12.8. The van der Waals surface area contributed by atoms with Crippen molar-refractivity contribution in [1.82, 2.24) is 0 Å². The van der Waals surface area contributed by atoms with Gasteiger partial charge in [-0.2, -0.15) is 0 Å². The second-order valence-electron chi connectivity index (χ2n) is 6.00. The molecular weight excluding hydrogens is 324 g/mol. The number of carbonyl (C=O) groups is 1. The fraction of sp³-hybridized carbons (Fsp3) is 0.261. The van der Waals surface area contributed by atoms with Gasteiger partial charge in [0.2, 0.25) is 0 Å². The summed E-state index contributed by atoms with van der Waals surface area (Å²) in [6.07, 6.45) is 5.17. The molecule has 136 valence electrons. The van der Waals surface area contributed by atoms with Crippen LogP contribution in [0.15, 0.2) is 73.3 Å². The van der Waals surface area contributed by atoms with Gasteiger partial charge in [-0.3, -0.25) is 0 Å². The van der Waals surface area contributed by atoms with Crippen LogP contribution >= 0.6 is 0 Å². The van der Waals surface area contributed by atoms with Gasteiger partial charge in [0.15, 0.2) is 0 Å². The number of aliphatic hydroxyl groups is 1. The van der Waals surface area contributed by atoms with Crippen molar-refractivity contribution in [1.29, 1.82) is 0 Å². The average molecular weight is 350 g/mol. The Morgan fingerprint density at radius 3 is 2.04 bits per heavy atom. The summed E-state index contributed by atoms with van der Waals surface area (Å²) < 4.78 is 5.54. The van der Waals surface area contributed by atoms with Crippen LogP contribution in [0.3, 0.4) is 0 Å². The van der Waals surface area contributed by atoms with E-state index in [0.717, 1.165) is 42.4 Å². The summed E-state index contributed by atoms with van der Waals surface area (Å²) >= 11 is 0. The molecule has 3 nitrogen and oxygen atoms in total. The standard InChI is InChI=1S/C23H26O3/c1-2-21(19-13-7-5-8-14-19)22(20-15-9-6-10-16-20)23(25)26-18-12-4-3-11-17-24/h2,5-10,13-16,24H,1,3-4,11-12,17-18H2/b22-21-. The van der Waals surface area contributed by atoms with Gasteiger partial charge < -0.3 is 9.84 Å². The van der Waals surface area contributed by atoms with Crippen LogP contribution in [-0.2, 0) is 9.53 Å². The zero-order valence-electron chi connectivity index (χ0n) is 15.1. The number of aliphatic hydroxyl groups excluding tert-OH is 1. The summed E-state index contributed by atoms with van der Waals surface area (Å²) in [5, 5.41) is 8.81. The first-order chi connectivity index (χ1) is 12.8. The van der Waals surface area contributed by atoms with Crippen LogP contribution in [0.2, 0.25) is 0 Å². The van der Waals surface area contributed by atoms with Crippen molar-refractivity contribution in [2.45, 2.75) is 25.7 Å². The molecule has 0 saturated heterocycles. The van der Waals surface area contributed by atoms with E-state index >= 15 is 0 Å². The molecule has 1 N–H and O–H groups in total. The minimum absolute atomic E-state index is 0.209. The number of allylic oxidation sites excluding steroid dienone is 2. The molecule has 0 radical (unpaired) electrons. The third kappa shape index (κ3) is 5.71. The zero-order valence-corrected chi connectivity index (χ0v) is 15.1. The van der Waals surface area contributed by atoms with E-state index in [4.69, 9.17) is 9.84 Å². The van der Waals surface area contributed by atoms with E-state index < -0.39 is 0 Å². The molecule has 0 atom stereocenters. The molecule has 2 aromatic carbocycles. The Morgan fingerprint density at radius 2 is 1.46 bits per heavy atom. The van der Waals surface area contributed by atoms with Gasteiger partial charge in [0.1, 0.15) is 0 Å².